The maximum Gasteiger partial charge on any atom is 0.257 e. The SMILES string of the molecule is Cc1cc(=O)n(-c2cccc(F)c2)c2nc(Cl)ncc12. The van der Waals surface area contributed by atoms with Crippen LogP contribution in [0.1, 0.15) is 5.56 Å². The number of benzene rings is 1. The van der Waals surface area contributed by atoms with Crippen LogP contribution in [0.5, 0.6) is 0 Å². The van der Waals surface area contributed by atoms with Crippen molar-refractivity contribution in [1.82, 2.24) is 14.5 Å². The monoisotopic (exact) mass is 289 g/mol. The number of aromatic nitrogens is 3. The number of rotatable bonds is 1. The first-order valence-electron chi connectivity index (χ1n) is 5.87. The van der Waals surface area contributed by atoms with Crippen LogP contribution in [0.2, 0.25) is 5.28 Å². The maximum atomic E-state index is 13.4. The van der Waals surface area contributed by atoms with Gasteiger partial charge in [0.25, 0.3) is 5.56 Å². The van der Waals surface area contributed by atoms with Crippen molar-refractivity contribution in [2.24, 2.45) is 0 Å². The fourth-order valence-corrected chi connectivity index (χ4v) is 2.23. The van der Waals surface area contributed by atoms with Crippen molar-refractivity contribution >= 4 is 22.6 Å². The predicted molar refractivity (Wildman–Crippen MR) is 74.8 cm³/mol. The van der Waals surface area contributed by atoms with Crippen LogP contribution < -0.4 is 5.56 Å². The van der Waals surface area contributed by atoms with E-state index in [1.54, 1.807) is 19.2 Å². The summed E-state index contributed by atoms with van der Waals surface area (Å²) in [5, 5.41) is 0.728. The Morgan fingerprint density at radius 1 is 1.30 bits per heavy atom. The van der Waals surface area contributed by atoms with E-state index in [0.717, 1.165) is 5.56 Å². The van der Waals surface area contributed by atoms with Gasteiger partial charge in [-0.05, 0) is 42.3 Å². The van der Waals surface area contributed by atoms with Crippen LogP contribution in [0.25, 0.3) is 16.7 Å². The standard InChI is InChI=1S/C14H9ClFN3O/c1-8-5-12(20)19(10-4-2-3-9(16)6-10)13-11(8)7-17-14(15)18-13/h2-7H,1H3. The summed E-state index contributed by atoms with van der Waals surface area (Å²) in [4.78, 5) is 20.2. The van der Waals surface area contributed by atoms with Crippen LogP contribution in [-0.4, -0.2) is 14.5 Å². The second-order valence-electron chi connectivity index (χ2n) is 4.36. The second kappa shape index (κ2) is 4.68. The van der Waals surface area contributed by atoms with Gasteiger partial charge in [-0.1, -0.05) is 6.07 Å². The van der Waals surface area contributed by atoms with Crippen molar-refractivity contribution in [3.8, 4) is 5.69 Å². The van der Waals surface area contributed by atoms with Gasteiger partial charge in [-0.2, -0.15) is 4.98 Å². The molecule has 0 saturated carbocycles. The molecule has 3 aromatic rings. The number of halogens is 2. The van der Waals surface area contributed by atoms with E-state index in [1.165, 1.54) is 28.8 Å². The summed E-state index contributed by atoms with van der Waals surface area (Å²) in [5.41, 5.74) is 1.21. The van der Waals surface area contributed by atoms with Crippen molar-refractivity contribution < 1.29 is 4.39 Å². The summed E-state index contributed by atoms with van der Waals surface area (Å²) in [6.07, 6.45) is 1.55. The first-order chi connectivity index (χ1) is 9.56. The Labute approximate surface area is 118 Å². The summed E-state index contributed by atoms with van der Waals surface area (Å²) in [5.74, 6) is -0.428. The molecule has 0 N–H and O–H groups in total. The minimum Gasteiger partial charge on any atom is -0.269 e. The Kier molecular flexibility index (Phi) is 2.99. The van der Waals surface area contributed by atoms with Crippen molar-refractivity contribution in [3.05, 3.63) is 63.5 Å². The van der Waals surface area contributed by atoms with Crippen LogP contribution in [0.3, 0.4) is 0 Å². The molecule has 100 valence electrons. The Balaban J connectivity index is 2.46. The molecule has 0 fully saturated rings. The summed E-state index contributed by atoms with van der Waals surface area (Å²) in [6.45, 7) is 1.79. The zero-order valence-corrected chi connectivity index (χ0v) is 11.2. The lowest BCUT2D eigenvalue weighted by molar-refractivity contribution is 0.626. The number of aryl methyl sites for hydroxylation is 1. The molecule has 0 spiro atoms. The van der Waals surface area contributed by atoms with Gasteiger partial charge < -0.3 is 0 Å². The highest BCUT2D eigenvalue weighted by molar-refractivity contribution is 6.28. The van der Waals surface area contributed by atoms with E-state index < -0.39 is 5.82 Å². The highest BCUT2D eigenvalue weighted by Crippen LogP contribution is 2.19. The maximum absolute atomic E-state index is 13.4. The summed E-state index contributed by atoms with van der Waals surface area (Å²) in [7, 11) is 0. The van der Waals surface area contributed by atoms with Gasteiger partial charge in [0.15, 0.2) is 5.65 Å². The Bertz CT molecular complexity index is 876. The van der Waals surface area contributed by atoms with Crippen LogP contribution >= 0.6 is 11.6 Å². The van der Waals surface area contributed by atoms with Crippen LogP contribution in [0.15, 0.2) is 41.3 Å². The fraction of sp³-hybridized carbons (Fsp3) is 0.0714. The van der Waals surface area contributed by atoms with Gasteiger partial charge >= 0.3 is 0 Å². The third-order valence-corrected chi connectivity index (χ3v) is 3.18. The van der Waals surface area contributed by atoms with E-state index in [4.69, 9.17) is 11.6 Å². The van der Waals surface area contributed by atoms with E-state index in [9.17, 15) is 9.18 Å². The quantitative estimate of drug-likeness (QED) is 0.647. The third-order valence-electron chi connectivity index (χ3n) is 3.00. The van der Waals surface area contributed by atoms with Gasteiger partial charge in [-0.3, -0.25) is 9.36 Å². The van der Waals surface area contributed by atoms with Gasteiger partial charge in [0.1, 0.15) is 5.82 Å². The van der Waals surface area contributed by atoms with Gasteiger partial charge in [0.05, 0.1) is 5.69 Å². The lowest BCUT2D eigenvalue weighted by atomic mass is 10.2. The molecule has 6 heteroatoms. The van der Waals surface area contributed by atoms with E-state index in [1.807, 2.05) is 0 Å². The largest absolute Gasteiger partial charge is 0.269 e. The molecule has 0 radical (unpaired) electrons. The summed E-state index contributed by atoms with van der Waals surface area (Å²) in [6, 6.07) is 7.21. The molecule has 0 saturated heterocycles. The Morgan fingerprint density at radius 2 is 2.10 bits per heavy atom. The number of nitrogens with zero attached hydrogens (tertiary/aromatic N) is 3. The zero-order chi connectivity index (χ0) is 14.3. The molecule has 1 aromatic carbocycles. The van der Waals surface area contributed by atoms with E-state index >= 15 is 0 Å². The first kappa shape index (κ1) is 12.7. The van der Waals surface area contributed by atoms with E-state index in [-0.39, 0.29) is 10.8 Å². The lowest BCUT2D eigenvalue weighted by Crippen LogP contribution is -2.19. The van der Waals surface area contributed by atoms with E-state index in [0.29, 0.717) is 16.7 Å². The molecule has 0 bridgehead atoms. The smallest absolute Gasteiger partial charge is 0.257 e. The zero-order valence-electron chi connectivity index (χ0n) is 10.5. The molecule has 0 aliphatic rings. The number of hydrogen-bond donors (Lipinski definition) is 0. The molecule has 0 aliphatic carbocycles. The highest BCUT2D eigenvalue weighted by atomic mass is 35.5. The van der Waals surface area contributed by atoms with Crippen molar-refractivity contribution in [2.45, 2.75) is 6.92 Å². The molecule has 3 rings (SSSR count). The summed E-state index contributed by atoms with van der Waals surface area (Å²) < 4.78 is 14.7. The van der Waals surface area contributed by atoms with Crippen LogP contribution in [-0.2, 0) is 0 Å². The molecule has 2 heterocycles. The molecule has 2 aromatic heterocycles. The number of pyridine rings is 1. The average molecular weight is 290 g/mol. The highest BCUT2D eigenvalue weighted by Gasteiger charge is 2.11. The van der Waals surface area contributed by atoms with E-state index in [2.05, 4.69) is 9.97 Å². The molecular weight excluding hydrogens is 281 g/mol. The van der Waals surface area contributed by atoms with Gasteiger partial charge in [-0.15, -0.1) is 0 Å². The molecule has 0 aliphatic heterocycles. The van der Waals surface area contributed by atoms with Crippen molar-refractivity contribution in [1.29, 1.82) is 0 Å². The minimum absolute atomic E-state index is 0.0349. The topological polar surface area (TPSA) is 47.8 Å². The fourth-order valence-electron chi connectivity index (χ4n) is 2.10. The van der Waals surface area contributed by atoms with Crippen LogP contribution in [0, 0.1) is 12.7 Å². The molecule has 0 atom stereocenters. The molecule has 4 nitrogen and oxygen atoms in total. The Hall–Kier alpha value is -2.27. The van der Waals surface area contributed by atoms with Crippen molar-refractivity contribution in [2.75, 3.05) is 0 Å². The number of fused-ring (bicyclic) bond motifs is 1. The Morgan fingerprint density at radius 3 is 2.85 bits per heavy atom. The first-order valence-corrected chi connectivity index (χ1v) is 6.25. The molecule has 20 heavy (non-hydrogen) atoms. The van der Waals surface area contributed by atoms with Gasteiger partial charge in [0, 0.05) is 17.6 Å². The van der Waals surface area contributed by atoms with Gasteiger partial charge in [0.2, 0.25) is 5.28 Å². The lowest BCUT2D eigenvalue weighted by Gasteiger charge is -2.11. The minimum atomic E-state index is -0.428. The van der Waals surface area contributed by atoms with Crippen LogP contribution in [0.4, 0.5) is 4.39 Å². The van der Waals surface area contributed by atoms with Crippen molar-refractivity contribution in [3.63, 3.8) is 0 Å². The second-order valence-corrected chi connectivity index (χ2v) is 4.70. The normalized spacial score (nSPS) is 10.9. The molecule has 0 unspecified atom stereocenters. The molecular formula is C14H9ClFN3O. The number of hydrogen-bond acceptors (Lipinski definition) is 3. The third kappa shape index (κ3) is 2.06. The van der Waals surface area contributed by atoms with Gasteiger partial charge in [-0.25, -0.2) is 9.37 Å². The predicted octanol–water partition coefficient (Wildman–Crippen LogP) is 2.88. The average Bonchev–Trinajstić information content (AvgIpc) is 2.38. The summed E-state index contributed by atoms with van der Waals surface area (Å²) >= 11 is 5.80. The molecule has 0 amide bonds.